The first kappa shape index (κ1) is 21.0. The number of aryl methyl sites for hydroxylation is 1. The second-order valence-corrected chi connectivity index (χ2v) is 7.47. The van der Waals surface area contributed by atoms with Gasteiger partial charge >= 0.3 is 0 Å². The van der Waals surface area contributed by atoms with E-state index in [-0.39, 0.29) is 11.8 Å². The fourth-order valence-electron chi connectivity index (χ4n) is 3.54. The molecule has 0 saturated carbocycles. The van der Waals surface area contributed by atoms with Gasteiger partial charge in [-0.2, -0.15) is 0 Å². The van der Waals surface area contributed by atoms with Gasteiger partial charge in [-0.15, -0.1) is 0 Å². The van der Waals surface area contributed by atoms with Crippen molar-refractivity contribution in [2.75, 3.05) is 44.6 Å². The lowest BCUT2D eigenvalue weighted by molar-refractivity contribution is -0.117. The van der Waals surface area contributed by atoms with Crippen molar-refractivity contribution in [3.63, 3.8) is 0 Å². The molecule has 6 nitrogen and oxygen atoms in total. The van der Waals surface area contributed by atoms with Crippen LogP contribution >= 0.6 is 0 Å². The van der Waals surface area contributed by atoms with Gasteiger partial charge in [-0.3, -0.25) is 19.4 Å². The van der Waals surface area contributed by atoms with Crippen LogP contribution in [-0.2, 0) is 11.3 Å². The third-order valence-electron chi connectivity index (χ3n) is 5.23. The van der Waals surface area contributed by atoms with Crippen molar-refractivity contribution >= 4 is 17.5 Å². The third kappa shape index (κ3) is 6.14. The van der Waals surface area contributed by atoms with Crippen molar-refractivity contribution in [1.29, 1.82) is 0 Å². The molecule has 0 aliphatic carbocycles. The molecule has 6 heteroatoms. The summed E-state index contributed by atoms with van der Waals surface area (Å²) in [4.78, 5) is 29.0. The van der Waals surface area contributed by atoms with E-state index in [2.05, 4.69) is 51.6 Å². The Morgan fingerprint density at radius 3 is 2.41 bits per heavy atom. The van der Waals surface area contributed by atoms with Crippen molar-refractivity contribution in [3.05, 3.63) is 65.2 Å². The van der Waals surface area contributed by atoms with Crippen LogP contribution in [0.15, 0.2) is 48.5 Å². The summed E-state index contributed by atoms with van der Waals surface area (Å²) >= 11 is 0. The van der Waals surface area contributed by atoms with Crippen LogP contribution in [0.4, 0.5) is 5.69 Å². The van der Waals surface area contributed by atoms with Gasteiger partial charge in [-0.05, 0) is 43.2 Å². The number of nitrogens with one attached hydrogen (secondary N) is 2. The molecule has 1 saturated heterocycles. The van der Waals surface area contributed by atoms with Gasteiger partial charge < -0.3 is 10.6 Å². The van der Waals surface area contributed by atoms with Crippen LogP contribution in [0.1, 0.15) is 28.4 Å². The van der Waals surface area contributed by atoms with Crippen molar-refractivity contribution in [1.82, 2.24) is 15.1 Å². The van der Waals surface area contributed by atoms with Gasteiger partial charge in [0.15, 0.2) is 0 Å². The van der Waals surface area contributed by atoms with E-state index < -0.39 is 0 Å². The zero-order valence-corrected chi connectivity index (χ0v) is 17.3. The molecule has 3 rings (SSSR count). The number of nitrogens with zero attached hydrogens (tertiary/aromatic N) is 2. The summed E-state index contributed by atoms with van der Waals surface area (Å²) in [6.07, 6.45) is 0. The molecule has 29 heavy (non-hydrogen) atoms. The van der Waals surface area contributed by atoms with Gasteiger partial charge in [-0.25, -0.2) is 0 Å². The highest BCUT2D eigenvalue weighted by molar-refractivity contribution is 5.97. The quantitative estimate of drug-likeness (QED) is 0.757. The molecule has 2 N–H and O–H groups in total. The zero-order valence-electron chi connectivity index (χ0n) is 17.3. The Morgan fingerprint density at radius 2 is 1.69 bits per heavy atom. The average Bonchev–Trinajstić information content (AvgIpc) is 2.71. The van der Waals surface area contributed by atoms with E-state index in [1.54, 1.807) is 24.3 Å². The highest BCUT2D eigenvalue weighted by Gasteiger charge is 2.19. The molecular formula is C23H30N4O2. The molecule has 1 aliphatic heterocycles. The summed E-state index contributed by atoms with van der Waals surface area (Å²) in [7, 11) is 0. The summed E-state index contributed by atoms with van der Waals surface area (Å²) in [5.74, 6) is -0.182. The molecule has 0 unspecified atom stereocenters. The maximum absolute atomic E-state index is 12.4. The minimum atomic E-state index is -0.131. The summed E-state index contributed by atoms with van der Waals surface area (Å²) in [5.41, 5.74) is 3.89. The highest BCUT2D eigenvalue weighted by Crippen LogP contribution is 2.13. The van der Waals surface area contributed by atoms with Gasteiger partial charge in [0.25, 0.3) is 5.91 Å². The Morgan fingerprint density at radius 1 is 0.966 bits per heavy atom. The summed E-state index contributed by atoms with van der Waals surface area (Å²) in [6.45, 7) is 9.58. The summed E-state index contributed by atoms with van der Waals surface area (Å²) in [5, 5.41) is 5.68. The number of piperazine rings is 1. The number of carbonyl (C=O) groups excluding carboxylic acids is 2. The average molecular weight is 395 g/mol. The second-order valence-electron chi connectivity index (χ2n) is 7.47. The Hall–Kier alpha value is -2.70. The Labute approximate surface area is 172 Å². The van der Waals surface area contributed by atoms with E-state index in [1.165, 1.54) is 11.1 Å². The fraction of sp³-hybridized carbons (Fsp3) is 0.391. The van der Waals surface area contributed by atoms with E-state index in [9.17, 15) is 9.59 Å². The van der Waals surface area contributed by atoms with Crippen LogP contribution in [0.3, 0.4) is 0 Å². The lowest BCUT2D eigenvalue weighted by Gasteiger charge is -2.34. The molecular weight excluding hydrogens is 364 g/mol. The number of amides is 2. The van der Waals surface area contributed by atoms with Crippen molar-refractivity contribution in [2.45, 2.75) is 20.4 Å². The number of anilines is 1. The maximum atomic E-state index is 12.4. The number of carbonyl (C=O) groups is 2. The number of hydrogen-bond donors (Lipinski definition) is 2. The molecule has 2 aromatic carbocycles. The molecule has 1 aliphatic rings. The number of hydrogen-bond acceptors (Lipinski definition) is 4. The van der Waals surface area contributed by atoms with Gasteiger partial charge in [0, 0.05) is 50.5 Å². The van der Waals surface area contributed by atoms with Crippen LogP contribution in [0.2, 0.25) is 0 Å². The Balaban J connectivity index is 1.46. The normalized spacial score (nSPS) is 15.1. The van der Waals surface area contributed by atoms with Crippen molar-refractivity contribution in [2.24, 2.45) is 0 Å². The molecule has 0 spiro atoms. The van der Waals surface area contributed by atoms with Crippen LogP contribution in [-0.4, -0.2) is 60.9 Å². The van der Waals surface area contributed by atoms with E-state index >= 15 is 0 Å². The fourth-order valence-corrected chi connectivity index (χ4v) is 3.54. The minimum absolute atomic E-state index is 0.0506. The lowest BCUT2D eigenvalue weighted by atomic mass is 10.1. The SMILES string of the molecule is CCNC(=O)c1cccc(NC(=O)CN2CCN(Cc3ccccc3C)CC2)c1. The van der Waals surface area contributed by atoms with Crippen LogP contribution in [0, 0.1) is 6.92 Å². The van der Waals surface area contributed by atoms with E-state index in [4.69, 9.17) is 0 Å². The second kappa shape index (κ2) is 10.2. The lowest BCUT2D eigenvalue weighted by Crippen LogP contribution is -2.48. The van der Waals surface area contributed by atoms with Gasteiger partial charge in [0.1, 0.15) is 0 Å². The molecule has 0 bridgehead atoms. The van der Waals surface area contributed by atoms with Crippen LogP contribution in [0.25, 0.3) is 0 Å². The van der Waals surface area contributed by atoms with Crippen LogP contribution in [0.5, 0.6) is 0 Å². The molecule has 0 aromatic heterocycles. The molecule has 1 fully saturated rings. The van der Waals surface area contributed by atoms with Gasteiger partial charge in [0.2, 0.25) is 5.91 Å². The van der Waals surface area contributed by atoms with E-state index in [0.29, 0.717) is 24.3 Å². The molecule has 154 valence electrons. The molecule has 1 heterocycles. The van der Waals surface area contributed by atoms with Gasteiger partial charge in [0.05, 0.1) is 6.54 Å². The Kier molecular flexibility index (Phi) is 7.38. The number of rotatable bonds is 7. The monoisotopic (exact) mass is 394 g/mol. The van der Waals surface area contributed by atoms with Crippen molar-refractivity contribution in [3.8, 4) is 0 Å². The van der Waals surface area contributed by atoms with E-state index in [1.807, 2.05) is 6.92 Å². The molecule has 0 atom stereocenters. The smallest absolute Gasteiger partial charge is 0.251 e. The van der Waals surface area contributed by atoms with E-state index in [0.717, 1.165) is 32.7 Å². The molecule has 2 amide bonds. The number of benzene rings is 2. The first-order chi connectivity index (χ1) is 14.0. The predicted octanol–water partition coefficient (Wildman–Crippen LogP) is 2.50. The van der Waals surface area contributed by atoms with Crippen molar-refractivity contribution < 1.29 is 9.59 Å². The molecule has 2 aromatic rings. The topological polar surface area (TPSA) is 64.7 Å². The van der Waals surface area contributed by atoms with Crippen LogP contribution < -0.4 is 10.6 Å². The van der Waals surface area contributed by atoms with Gasteiger partial charge in [-0.1, -0.05) is 30.3 Å². The summed E-state index contributed by atoms with van der Waals surface area (Å²) in [6, 6.07) is 15.5. The predicted molar refractivity (Wildman–Crippen MR) is 116 cm³/mol. The first-order valence-corrected chi connectivity index (χ1v) is 10.2. The minimum Gasteiger partial charge on any atom is -0.352 e. The first-order valence-electron chi connectivity index (χ1n) is 10.2. The largest absolute Gasteiger partial charge is 0.352 e. The molecule has 0 radical (unpaired) electrons. The zero-order chi connectivity index (χ0) is 20.6. The highest BCUT2D eigenvalue weighted by atomic mass is 16.2. The Bertz CT molecular complexity index is 844. The maximum Gasteiger partial charge on any atom is 0.251 e. The third-order valence-corrected chi connectivity index (χ3v) is 5.23. The standard InChI is InChI=1S/C23H30N4O2/c1-3-24-23(29)19-9-6-10-21(15-19)25-22(28)17-27-13-11-26(12-14-27)16-20-8-5-4-7-18(20)2/h4-10,15H,3,11-14,16-17H2,1-2H3,(H,24,29)(H,25,28). The summed E-state index contributed by atoms with van der Waals surface area (Å²) < 4.78 is 0.